The van der Waals surface area contributed by atoms with Crippen LogP contribution in [0.3, 0.4) is 0 Å². The molecule has 0 aliphatic carbocycles. The fourth-order valence-electron chi connectivity index (χ4n) is 1.47. The molecule has 0 heterocycles. The van der Waals surface area contributed by atoms with Crippen molar-refractivity contribution in [1.29, 1.82) is 0 Å². The van der Waals surface area contributed by atoms with Crippen LogP contribution in [0.15, 0.2) is 11.6 Å². The monoisotopic (exact) mass is 244 g/mol. The van der Waals surface area contributed by atoms with Gasteiger partial charge >= 0.3 is 5.97 Å². The Labute approximate surface area is 99.2 Å². The van der Waals surface area contributed by atoms with Gasteiger partial charge in [-0.1, -0.05) is 33.3 Å². The van der Waals surface area contributed by atoms with Crippen LogP contribution in [0.4, 0.5) is 0 Å². The van der Waals surface area contributed by atoms with Crippen LogP contribution in [0.25, 0.3) is 0 Å². The summed E-state index contributed by atoms with van der Waals surface area (Å²) in [6, 6.07) is 0. The van der Waals surface area contributed by atoms with E-state index in [4.69, 9.17) is 9.53 Å². The number of unbranched alkanes of at least 4 members (excludes halogenated alkanes) is 1. The fourth-order valence-corrected chi connectivity index (χ4v) is 1.61. The summed E-state index contributed by atoms with van der Waals surface area (Å²) < 4.78 is 4.70. The van der Waals surface area contributed by atoms with Crippen LogP contribution >= 0.6 is 0 Å². The van der Waals surface area contributed by atoms with Gasteiger partial charge in [0, 0.05) is 11.0 Å². The maximum absolute atomic E-state index is 11.2. The van der Waals surface area contributed by atoms with Gasteiger partial charge in [-0.15, -0.1) is 0 Å². The van der Waals surface area contributed by atoms with Gasteiger partial charge in [0.2, 0.25) is 10.5 Å². The summed E-state index contributed by atoms with van der Waals surface area (Å²) >= 11 is 0. The molecule has 0 unspecified atom stereocenters. The molecule has 92 valence electrons. The van der Waals surface area contributed by atoms with Crippen LogP contribution in [-0.2, 0) is 14.0 Å². The molecule has 0 amide bonds. The van der Waals surface area contributed by atoms with Crippen LogP contribution in [0, 0.1) is 5.41 Å². The summed E-state index contributed by atoms with van der Waals surface area (Å²) in [5.74, 6) is -1.29. The Balaban J connectivity index is 4.89. The summed E-state index contributed by atoms with van der Waals surface area (Å²) in [4.78, 5) is 22.3. The van der Waals surface area contributed by atoms with Crippen LogP contribution in [0.5, 0.6) is 0 Å². The van der Waals surface area contributed by atoms with Gasteiger partial charge in [-0.3, -0.25) is 4.79 Å². The van der Waals surface area contributed by atoms with Crippen LogP contribution in [0.2, 0.25) is 0 Å². The largest absolute Gasteiger partial charge is 0.529 e. The Hall–Kier alpha value is -1.10. The molecule has 0 aliphatic rings. The predicted molar refractivity (Wildman–Crippen MR) is 65.1 cm³/mol. The first-order chi connectivity index (χ1) is 7.35. The van der Waals surface area contributed by atoms with Gasteiger partial charge in [0.25, 0.3) is 5.97 Å². The number of allylic oxidation sites excluding steroid dienone is 1. The Morgan fingerprint density at radius 1 is 1.44 bits per heavy atom. The van der Waals surface area contributed by atoms with Gasteiger partial charge < -0.3 is 9.53 Å². The number of aliphatic carboxylic acids is 1. The number of hydrogen-bond donors (Lipinski definition) is 1. The molecule has 16 heavy (non-hydrogen) atoms. The van der Waals surface area contributed by atoms with Crippen LogP contribution in [0.1, 0.15) is 40.0 Å². The van der Waals surface area contributed by atoms with Gasteiger partial charge in [0.05, 0.1) is 6.42 Å². The van der Waals surface area contributed by atoms with E-state index < -0.39 is 11.4 Å². The molecule has 0 fully saturated rings. The smallest absolute Gasteiger partial charge is 0.331 e. The van der Waals surface area contributed by atoms with Gasteiger partial charge in [-0.2, -0.15) is 0 Å². The maximum atomic E-state index is 11.2. The highest BCUT2D eigenvalue weighted by molar-refractivity contribution is 6.05. The number of carbonyl (C=O) groups excluding carboxylic acids is 1. The molecule has 0 aromatic rings. The highest BCUT2D eigenvalue weighted by atomic mass is 28.2. The quantitative estimate of drug-likeness (QED) is 0.560. The predicted octanol–water partition coefficient (Wildman–Crippen LogP) is 1.04. The number of carboxylic acid groups (broad SMARTS) is 1. The average molecular weight is 244 g/mol. The first-order valence-electron chi connectivity index (χ1n) is 5.36. The van der Waals surface area contributed by atoms with E-state index in [1.54, 1.807) is 19.9 Å². The molecule has 1 N–H and O–H groups in total. The molecule has 0 spiro atoms. The third kappa shape index (κ3) is 4.61. The van der Waals surface area contributed by atoms with E-state index in [-0.39, 0.29) is 12.4 Å². The molecule has 0 bridgehead atoms. The lowest BCUT2D eigenvalue weighted by molar-refractivity contribution is -0.137. The second-order valence-corrected chi connectivity index (χ2v) is 4.76. The topological polar surface area (TPSA) is 63.6 Å². The van der Waals surface area contributed by atoms with E-state index in [9.17, 15) is 9.59 Å². The second-order valence-electron chi connectivity index (χ2n) is 4.35. The first-order valence-corrected chi connectivity index (χ1v) is 6.17. The molecule has 0 aromatic heterocycles. The highest BCUT2D eigenvalue weighted by Crippen LogP contribution is 2.31. The lowest BCUT2D eigenvalue weighted by Crippen LogP contribution is -2.25. The molecule has 0 rings (SSSR count). The van der Waals surface area contributed by atoms with Gasteiger partial charge in [0.1, 0.15) is 0 Å². The maximum Gasteiger partial charge on any atom is 0.331 e. The minimum absolute atomic E-state index is 0.109. The third-order valence-electron chi connectivity index (χ3n) is 2.41. The summed E-state index contributed by atoms with van der Waals surface area (Å²) in [5, 5.41) is 9.11. The van der Waals surface area contributed by atoms with Crippen LogP contribution in [-0.4, -0.2) is 27.5 Å². The summed E-state index contributed by atoms with van der Waals surface area (Å²) in [7, 11) is 0.345. The summed E-state index contributed by atoms with van der Waals surface area (Å²) in [6.45, 7) is 5.48. The molecule has 0 radical (unpaired) electrons. The number of carboxylic acids is 1. The van der Waals surface area contributed by atoms with Crippen molar-refractivity contribution in [2.24, 2.45) is 5.41 Å². The molecule has 4 nitrogen and oxygen atoms in total. The zero-order valence-corrected chi connectivity index (χ0v) is 12.4. The molecule has 5 heteroatoms. The van der Waals surface area contributed by atoms with Gasteiger partial charge in [-0.05, 0) is 6.42 Å². The minimum Gasteiger partial charge on any atom is -0.529 e. The Morgan fingerprint density at radius 3 is 2.38 bits per heavy atom. The molecule has 0 atom stereocenters. The van der Waals surface area contributed by atoms with Crippen molar-refractivity contribution >= 4 is 22.4 Å². The Bertz CT molecular complexity index is 294. The van der Waals surface area contributed by atoms with E-state index in [0.29, 0.717) is 22.5 Å². The molecule has 0 saturated carbocycles. The molecule has 0 saturated heterocycles. The summed E-state index contributed by atoms with van der Waals surface area (Å²) in [5.41, 5.74) is -0.385. The van der Waals surface area contributed by atoms with Crippen molar-refractivity contribution in [1.82, 2.24) is 0 Å². The van der Waals surface area contributed by atoms with Crippen molar-refractivity contribution in [3.63, 3.8) is 0 Å². The van der Waals surface area contributed by atoms with E-state index >= 15 is 0 Å². The molecule has 0 aliphatic heterocycles. The minimum atomic E-state index is -0.959. The van der Waals surface area contributed by atoms with Crippen molar-refractivity contribution in [3.05, 3.63) is 11.6 Å². The van der Waals surface area contributed by atoms with E-state index in [2.05, 4.69) is 0 Å². The lowest BCUT2D eigenvalue weighted by atomic mass is 9.80. The second kappa shape index (κ2) is 6.47. The zero-order chi connectivity index (χ0) is 12.8. The van der Waals surface area contributed by atoms with E-state index in [0.717, 1.165) is 6.42 Å². The molecule has 0 aromatic carbocycles. The lowest BCUT2D eigenvalue weighted by Gasteiger charge is -2.24. The van der Waals surface area contributed by atoms with E-state index in [1.165, 1.54) is 0 Å². The number of rotatable bonds is 6. The summed E-state index contributed by atoms with van der Waals surface area (Å²) in [6.07, 6.45) is 3.40. The van der Waals surface area contributed by atoms with Crippen molar-refractivity contribution in [3.8, 4) is 0 Å². The van der Waals surface area contributed by atoms with E-state index in [1.807, 2.05) is 6.92 Å². The molecular formula is C11H20O4Si. The Morgan fingerprint density at radius 2 is 2.00 bits per heavy atom. The standard InChI is InChI=1S/C11H20O4Si/c1-4-5-6-8(10(13)14)11(2,3)7-9(12)15-16/h6H,4-5,7H2,1-3,16H3,(H,13,14). The molecular weight excluding hydrogens is 224 g/mol. The number of hydrogen-bond acceptors (Lipinski definition) is 3. The van der Waals surface area contributed by atoms with Crippen molar-refractivity contribution in [2.45, 2.75) is 40.0 Å². The van der Waals surface area contributed by atoms with Gasteiger partial charge in [-0.25, -0.2) is 4.79 Å². The SMILES string of the molecule is CCCC=C(C(=O)O)C(C)(C)CC(=O)O[SiH3]. The van der Waals surface area contributed by atoms with Crippen molar-refractivity contribution < 1.29 is 19.1 Å². The first kappa shape index (κ1) is 14.9. The zero-order valence-electron chi connectivity index (χ0n) is 10.4. The third-order valence-corrected chi connectivity index (χ3v) is 2.87. The Kier molecular flexibility index (Phi) is 6.03. The normalized spacial score (nSPS) is 12.6. The average Bonchev–Trinajstić information content (AvgIpc) is 2.16. The van der Waals surface area contributed by atoms with Gasteiger partial charge in [0.15, 0.2) is 0 Å². The highest BCUT2D eigenvalue weighted by Gasteiger charge is 2.30. The fraction of sp³-hybridized carbons (Fsp3) is 0.636. The number of carbonyl (C=O) groups is 2. The van der Waals surface area contributed by atoms with Crippen LogP contribution < -0.4 is 0 Å². The van der Waals surface area contributed by atoms with Crippen molar-refractivity contribution in [2.75, 3.05) is 0 Å².